The highest BCUT2D eigenvalue weighted by Gasteiger charge is 2.13. The SMILES string of the molecule is Cn1c(=O)c2[nH]c(=O)c(CCc3ccccc3)nc2n(C)c1=O. The van der Waals surface area contributed by atoms with E-state index in [1.807, 2.05) is 30.3 Å². The number of nitrogens with one attached hydrogen (secondary N) is 1. The summed E-state index contributed by atoms with van der Waals surface area (Å²) in [5.41, 5.74) is 0.211. The first-order chi connectivity index (χ1) is 11.0. The van der Waals surface area contributed by atoms with E-state index < -0.39 is 16.8 Å². The van der Waals surface area contributed by atoms with Crippen LogP contribution < -0.4 is 16.8 Å². The Morgan fingerprint density at radius 3 is 2.39 bits per heavy atom. The third-order valence-electron chi connectivity index (χ3n) is 3.87. The number of H-pyrrole nitrogens is 1. The van der Waals surface area contributed by atoms with Crippen LogP contribution in [0.1, 0.15) is 11.3 Å². The van der Waals surface area contributed by atoms with Crippen LogP contribution in [-0.4, -0.2) is 19.1 Å². The maximum Gasteiger partial charge on any atom is 0.332 e. The van der Waals surface area contributed by atoms with E-state index in [-0.39, 0.29) is 11.2 Å². The average molecular weight is 312 g/mol. The summed E-state index contributed by atoms with van der Waals surface area (Å²) in [4.78, 5) is 43.0. The number of benzene rings is 1. The molecule has 0 amide bonds. The molecule has 0 bridgehead atoms. The first-order valence-corrected chi connectivity index (χ1v) is 7.22. The van der Waals surface area contributed by atoms with Gasteiger partial charge in [-0.2, -0.15) is 0 Å². The molecule has 0 fully saturated rings. The molecule has 0 unspecified atom stereocenters. The number of hydrogen-bond acceptors (Lipinski definition) is 4. The Labute approximate surface area is 130 Å². The molecule has 2 heterocycles. The van der Waals surface area contributed by atoms with Crippen molar-refractivity contribution in [3.63, 3.8) is 0 Å². The Hall–Kier alpha value is -2.96. The second kappa shape index (κ2) is 5.68. The van der Waals surface area contributed by atoms with Crippen LogP contribution in [0.3, 0.4) is 0 Å². The number of hydrogen-bond donors (Lipinski definition) is 1. The Kier molecular flexibility index (Phi) is 3.69. The van der Waals surface area contributed by atoms with Gasteiger partial charge in [0.1, 0.15) is 5.69 Å². The summed E-state index contributed by atoms with van der Waals surface area (Å²) >= 11 is 0. The van der Waals surface area contributed by atoms with E-state index in [4.69, 9.17) is 0 Å². The molecule has 7 nitrogen and oxygen atoms in total. The number of aromatic nitrogens is 4. The maximum absolute atomic E-state index is 12.2. The molecule has 23 heavy (non-hydrogen) atoms. The number of aryl methyl sites for hydroxylation is 3. The van der Waals surface area contributed by atoms with Crippen LogP contribution in [0.15, 0.2) is 44.7 Å². The summed E-state index contributed by atoms with van der Waals surface area (Å²) in [5, 5.41) is 0. The second-order valence-electron chi connectivity index (χ2n) is 5.40. The fraction of sp³-hybridized carbons (Fsp3) is 0.250. The zero-order valence-electron chi connectivity index (χ0n) is 12.9. The van der Waals surface area contributed by atoms with Crippen molar-refractivity contribution in [1.29, 1.82) is 0 Å². The monoisotopic (exact) mass is 312 g/mol. The van der Waals surface area contributed by atoms with Crippen molar-refractivity contribution in [2.24, 2.45) is 14.1 Å². The molecule has 3 rings (SSSR count). The van der Waals surface area contributed by atoms with Crippen molar-refractivity contribution in [1.82, 2.24) is 19.1 Å². The van der Waals surface area contributed by atoms with Gasteiger partial charge in [0.25, 0.3) is 11.1 Å². The smallest absolute Gasteiger partial charge is 0.313 e. The fourth-order valence-electron chi connectivity index (χ4n) is 2.51. The molecule has 7 heteroatoms. The molecule has 0 aliphatic heterocycles. The van der Waals surface area contributed by atoms with Crippen molar-refractivity contribution in [2.45, 2.75) is 12.8 Å². The van der Waals surface area contributed by atoms with E-state index in [1.54, 1.807) is 0 Å². The molecule has 0 atom stereocenters. The minimum absolute atomic E-state index is 0.0445. The number of aromatic amines is 1. The molecule has 2 aromatic heterocycles. The molecule has 0 saturated heterocycles. The molecular formula is C16H16N4O3. The molecule has 0 spiro atoms. The zero-order valence-corrected chi connectivity index (χ0v) is 12.9. The predicted molar refractivity (Wildman–Crippen MR) is 86.7 cm³/mol. The topological polar surface area (TPSA) is 89.8 Å². The third-order valence-corrected chi connectivity index (χ3v) is 3.87. The lowest BCUT2D eigenvalue weighted by molar-refractivity contribution is 0.700. The lowest BCUT2D eigenvalue weighted by Crippen LogP contribution is -2.39. The Balaban J connectivity index is 2.09. The third kappa shape index (κ3) is 2.61. The lowest BCUT2D eigenvalue weighted by Gasteiger charge is -2.08. The van der Waals surface area contributed by atoms with Gasteiger partial charge in [-0.25, -0.2) is 9.78 Å². The van der Waals surface area contributed by atoms with Gasteiger partial charge in [0.2, 0.25) is 0 Å². The van der Waals surface area contributed by atoms with E-state index in [9.17, 15) is 14.4 Å². The van der Waals surface area contributed by atoms with Crippen LogP contribution >= 0.6 is 0 Å². The first-order valence-electron chi connectivity index (χ1n) is 7.22. The molecule has 1 aromatic carbocycles. The molecule has 1 N–H and O–H groups in total. The van der Waals surface area contributed by atoms with Crippen LogP contribution in [0.25, 0.3) is 11.2 Å². The van der Waals surface area contributed by atoms with Gasteiger partial charge >= 0.3 is 5.69 Å². The Bertz CT molecular complexity index is 1050. The maximum atomic E-state index is 12.2. The van der Waals surface area contributed by atoms with Gasteiger partial charge in [0, 0.05) is 14.1 Å². The normalized spacial score (nSPS) is 11.0. The van der Waals surface area contributed by atoms with Gasteiger partial charge in [0.15, 0.2) is 11.2 Å². The molecule has 3 aromatic rings. The summed E-state index contributed by atoms with van der Waals surface area (Å²) in [6.07, 6.45) is 1.08. The summed E-state index contributed by atoms with van der Waals surface area (Å²) in [6, 6.07) is 9.74. The summed E-state index contributed by atoms with van der Waals surface area (Å²) in [5.74, 6) is 0. The first kappa shape index (κ1) is 15.0. The van der Waals surface area contributed by atoms with E-state index in [0.717, 1.165) is 10.1 Å². The molecule has 0 saturated carbocycles. The van der Waals surface area contributed by atoms with Gasteiger partial charge in [-0.1, -0.05) is 30.3 Å². The highest BCUT2D eigenvalue weighted by Crippen LogP contribution is 2.05. The van der Waals surface area contributed by atoms with Crippen molar-refractivity contribution >= 4 is 11.2 Å². The minimum Gasteiger partial charge on any atom is -0.313 e. The zero-order chi connectivity index (χ0) is 16.6. The summed E-state index contributed by atoms with van der Waals surface area (Å²) in [7, 11) is 2.89. The van der Waals surface area contributed by atoms with Gasteiger partial charge in [-0.15, -0.1) is 0 Å². The average Bonchev–Trinajstić information content (AvgIpc) is 2.57. The highest BCUT2D eigenvalue weighted by atomic mass is 16.2. The number of nitrogens with zero attached hydrogens (tertiary/aromatic N) is 3. The molecular weight excluding hydrogens is 296 g/mol. The number of rotatable bonds is 3. The van der Waals surface area contributed by atoms with Crippen molar-refractivity contribution < 1.29 is 0 Å². The van der Waals surface area contributed by atoms with E-state index in [1.165, 1.54) is 18.7 Å². The van der Waals surface area contributed by atoms with Crippen LogP contribution in [-0.2, 0) is 26.9 Å². The highest BCUT2D eigenvalue weighted by molar-refractivity contribution is 5.68. The van der Waals surface area contributed by atoms with Gasteiger partial charge < -0.3 is 4.98 Å². The summed E-state index contributed by atoms with van der Waals surface area (Å²) < 4.78 is 2.21. The van der Waals surface area contributed by atoms with Gasteiger partial charge in [-0.05, 0) is 18.4 Å². The van der Waals surface area contributed by atoms with Gasteiger partial charge in [0.05, 0.1) is 0 Å². The fourth-order valence-corrected chi connectivity index (χ4v) is 2.51. The predicted octanol–water partition coefficient (Wildman–Crippen LogP) is 0.106. The molecule has 118 valence electrons. The van der Waals surface area contributed by atoms with Crippen LogP contribution in [0.2, 0.25) is 0 Å². The molecule has 0 aliphatic rings. The Morgan fingerprint density at radius 2 is 1.70 bits per heavy atom. The van der Waals surface area contributed by atoms with E-state index in [2.05, 4.69) is 9.97 Å². The Morgan fingerprint density at radius 1 is 1.00 bits per heavy atom. The molecule has 0 radical (unpaired) electrons. The lowest BCUT2D eigenvalue weighted by atomic mass is 10.1. The van der Waals surface area contributed by atoms with Crippen LogP contribution in [0, 0.1) is 0 Å². The van der Waals surface area contributed by atoms with E-state index >= 15 is 0 Å². The quantitative estimate of drug-likeness (QED) is 0.743. The minimum atomic E-state index is -0.553. The van der Waals surface area contributed by atoms with Crippen molar-refractivity contribution in [2.75, 3.05) is 0 Å². The summed E-state index contributed by atoms with van der Waals surface area (Å²) in [6.45, 7) is 0. The van der Waals surface area contributed by atoms with Crippen LogP contribution in [0.4, 0.5) is 0 Å². The second-order valence-corrected chi connectivity index (χ2v) is 5.40. The molecule has 0 aliphatic carbocycles. The number of fused-ring (bicyclic) bond motifs is 1. The van der Waals surface area contributed by atoms with Gasteiger partial charge in [-0.3, -0.25) is 18.7 Å². The largest absolute Gasteiger partial charge is 0.332 e. The van der Waals surface area contributed by atoms with Crippen molar-refractivity contribution in [3.05, 3.63) is 72.8 Å². The van der Waals surface area contributed by atoms with Crippen LogP contribution in [0.5, 0.6) is 0 Å². The van der Waals surface area contributed by atoms with E-state index in [0.29, 0.717) is 18.5 Å². The van der Waals surface area contributed by atoms with Crippen molar-refractivity contribution in [3.8, 4) is 0 Å². The standard InChI is InChI=1S/C16H16N4O3/c1-19-13-12(15(22)20(2)16(19)23)18-14(21)11(17-13)9-8-10-6-4-3-5-7-10/h3-7H,8-9H2,1-2H3,(H,18,21).